The lowest BCUT2D eigenvalue weighted by molar-refractivity contribution is 0.0287. The minimum absolute atomic E-state index is 0.137. The van der Waals surface area contributed by atoms with Crippen LogP contribution in [0.4, 0.5) is 15.3 Å². The fourth-order valence-electron chi connectivity index (χ4n) is 5.47. The van der Waals surface area contributed by atoms with Crippen LogP contribution in [0, 0.1) is 0 Å². The number of hydrogen-bond donors (Lipinski definition) is 0. The summed E-state index contributed by atoms with van der Waals surface area (Å²) in [5, 5.41) is 0.588. The van der Waals surface area contributed by atoms with Crippen molar-refractivity contribution >= 4 is 46.3 Å². The summed E-state index contributed by atoms with van der Waals surface area (Å²) in [6, 6.07) is 13.0. The van der Waals surface area contributed by atoms with Crippen molar-refractivity contribution in [2.75, 3.05) is 43.6 Å². The number of carbonyl (C=O) groups is 3. The van der Waals surface area contributed by atoms with Crippen molar-refractivity contribution in [1.29, 1.82) is 0 Å². The third-order valence-corrected chi connectivity index (χ3v) is 7.67. The molecule has 3 aromatic rings. The van der Waals surface area contributed by atoms with Gasteiger partial charge in [-0.05, 0) is 58.7 Å². The summed E-state index contributed by atoms with van der Waals surface area (Å²) in [6.45, 7) is 12.8. The van der Waals surface area contributed by atoms with E-state index in [1.54, 1.807) is 42.7 Å². The third-order valence-electron chi connectivity index (χ3n) is 7.30. The number of alkyl halides is 1. The van der Waals surface area contributed by atoms with E-state index in [9.17, 15) is 14.4 Å². The van der Waals surface area contributed by atoms with Gasteiger partial charge in [-0.3, -0.25) is 9.69 Å². The smallest absolute Gasteiger partial charge is 0.419 e. The summed E-state index contributed by atoms with van der Waals surface area (Å²) < 4.78 is 24.8. The van der Waals surface area contributed by atoms with Crippen LogP contribution in [0.25, 0.3) is 10.9 Å². The van der Waals surface area contributed by atoms with Gasteiger partial charge in [0.15, 0.2) is 0 Å². The molecule has 2 aromatic carbocycles. The standard InChI is InChI=1S/C33H40ClN3O7/c1-32(2,3)43-30(39)36-19-22(18-34)27-23-16-25(29(38)35-12-14-41-15-13-35)37(31(40)44-33(4,5)6)28(23)26(17-24(27)36)42-20-21-10-8-7-9-11-21/h7-11,16-17,22H,12-15,18-20H2,1-6H3/t22-/m1/s1. The molecule has 11 heteroatoms. The van der Waals surface area contributed by atoms with E-state index < -0.39 is 23.4 Å². The summed E-state index contributed by atoms with van der Waals surface area (Å²) in [5.41, 5.74) is 1.18. The number of amides is 2. The van der Waals surface area contributed by atoms with Crippen LogP contribution in [0.1, 0.15) is 69.1 Å². The zero-order valence-corrected chi connectivity index (χ0v) is 26.9. The number of morpholine rings is 1. The van der Waals surface area contributed by atoms with Crippen LogP contribution < -0.4 is 9.64 Å². The van der Waals surface area contributed by atoms with E-state index in [1.165, 1.54) is 4.57 Å². The zero-order chi connectivity index (χ0) is 31.8. The Morgan fingerprint density at radius 2 is 1.57 bits per heavy atom. The Hall–Kier alpha value is -3.76. The van der Waals surface area contributed by atoms with E-state index in [1.807, 2.05) is 51.1 Å². The molecule has 0 unspecified atom stereocenters. The molecular formula is C33H40ClN3O7. The molecule has 2 aliphatic rings. The first kappa shape index (κ1) is 31.7. The van der Waals surface area contributed by atoms with E-state index in [2.05, 4.69) is 0 Å². The zero-order valence-electron chi connectivity index (χ0n) is 26.1. The van der Waals surface area contributed by atoms with Crippen molar-refractivity contribution in [3.8, 4) is 5.75 Å². The molecule has 3 heterocycles. The summed E-state index contributed by atoms with van der Waals surface area (Å²) >= 11 is 6.50. The molecule has 1 saturated heterocycles. The van der Waals surface area contributed by atoms with Crippen molar-refractivity contribution < 1.29 is 33.3 Å². The molecule has 1 fully saturated rings. The predicted molar refractivity (Wildman–Crippen MR) is 168 cm³/mol. The maximum absolute atomic E-state index is 14.0. The lowest BCUT2D eigenvalue weighted by Gasteiger charge is -2.27. The molecule has 1 atom stereocenters. The van der Waals surface area contributed by atoms with Gasteiger partial charge >= 0.3 is 12.2 Å². The Bertz CT molecular complexity index is 1550. The van der Waals surface area contributed by atoms with E-state index in [4.69, 9.17) is 30.5 Å². The Morgan fingerprint density at radius 3 is 2.18 bits per heavy atom. The van der Waals surface area contributed by atoms with Gasteiger partial charge in [0.1, 0.15) is 34.8 Å². The first-order valence-corrected chi connectivity index (χ1v) is 15.4. The summed E-state index contributed by atoms with van der Waals surface area (Å²) in [4.78, 5) is 44.6. The van der Waals surface area contributed by atoms with Gasteiger partial charge in [-0.2, -0.15) is 0 Å². The molecule has 0 radical (unpaired) electrons. The van der Waals surface area contributed by atoms with Crippen LogP contribution in [0.5, 0.6) is 5.75 Å². The highest BCUT2D eigenvalue weighted by molar-refractivity contribution is 6.19. The number of halogens is 1. The van der Waals surface area contributed by atoms with Crippen LogP contribution in [-0.2, 0) is 20.8 Å². The van der Waals surface area contributed by atoms with Crippen LogP contribution in [0.2, 0.25) is 0 Å². The second kappa shape index (κ2) is 12.3. The maximum Gasteiger partial charge on any atom is 0.419 e. The molecule has 5 rings (SSSR count). The number of fused-ring (bicyclic) bond motifs is 3. The van der Waals surface area contributed by atoms with Crippen molar-refractivity contribution in [1.82, 2.24) is 9.47 Å². The highest BCUT2D eigenvalue weighted by atomic mass is 35.5. The lowest BCUT2D eigenvalue weighted by atomic mass is 9.98. The van der Waals surface area contributed by atoms with Gasteiger partial charge < -0.3 is 23.8 Å². The number of anilines is 1. The Kier molecular flexibility index (Phi) is 8.87. The molecule has 0 N–H and O–H groups in total. The molecule has 0 bridgehead atoms. The number of nitrogens with zero attached hydrogens (tertiary/aromatic N) is 3. The molecule has 2 amide bonds. The Balaban J connectivity index is 1.75. The van der Waals surface area contributed by atoms with Crippen molar-refractivity contribution in [2.45, 2.75) is 65.3 Å². The largest absolute Gasteiger partial charge is 0.487 e. The fraction of sp³-hybridized carbons (Fsp3) is 0.485. The Labute approximate surface area is 262 Å². The number of aromatic nitrogens is 1. The summed E-state index contributed by atoms with van der Waals surface area (Å²) in [5.74, 6) is -0.0952. The molecule has 1 aromatic heterocycles. The molecule has 44 heavy (non-hydrogen) atoms. The van der Waals surface area contributed by atoms with E-state index in [-0.39, 0.29) is 36.6 Å². The number of carbonyl (C=O) groups excluding carboxylic acids is 3. The SMILES string of the molecule is CC(C)(C)OC(=O)N1C[C@@H](CCl)c2c1cc(OCc1ccccc1)c1c2cc(C(=O)N2CCOCC2)n1C(=O)OC(C)(C)C. The predicted octanol–water partition coefficient (Wildman–Crippen LogP) is 6.55. The van der Waals surface area contributed by atoms with Gasteiger partial charge in [-0.1, -0.05) is 30.3 Å². The maximum atomic E-state index is 14.0. The van der Waals surface area contributed by atoms with Gasteiger partial charge in [0, 0.05) is 42.9 Å². The fourth-order valence-corrected chi connectivity index (χ4v) is 5.73. The molecule has 0 spiro atoms. The number of hydrogen-bond acceptors (Lipinski definition) is 7. The van der Waals surface area contributed by atoms with Gasteiger partial charge in [-0.15, -0.1) is 11.6 Å². The van der Waals surface area contributed by atoms with E-state index in [0.29, 0.717) is 48.6 Å². The van der Waals surface area contributed by atoms with Crippen LogP contribution in [-0.4, -0.2) is 77.5 Å². The second-order valence-corrected chi connectivity index (χ2v) is 13.3. The Morgan fingerprint density at radius 1 is 0.932 bits per heavy atom. The van der Waals surface area contributed by atoms with Crippen molar-refractivity contribution in [3.63, 3.8) is 0 Å². The summed E-state index contributed by atoms with van der Waals surface area (Å²) in [6.07, 6.45) is -1.23. The number of benzene rings is 2. The van der Waals surface area contributed by atoms with E-state index >= 15 is 0 Å². The van der Waals surface area contributed by atoms with Crippen LogP contribution >= 0.6 is 11.6 Å². The average molecular weight is 626 g/mol. The molecule has 10 nitrogen and oxygen atoms in total. The van der Waals surface area contributed by atoms with Crippen molar-refractivity contribution in [2.24, 2.45) is 0 Å². The van der Waals surface area contributed by atoms with Crippen LogP contribution in [0.15, 0.2) is 42.5 Å². The van der Waals surface area contributed by atoms with Gasteiger partial charge in [0.25, 0.3) is 5.91 Å². The first-order chi connectivity index (χ1) is 20.8. The molecule has 236 valence electrons. The highest BCUT2D eigenvalue weighted by Crippen LogP contribution is 2.47. The first-order valence-electron chi connectivity index (χ1n) is 14.8. The van der Waals surface area contributed by atoms with Gasteiger partial charge in [-0.25, -0.2) is 14.2 Å². The average Bonchev–Trinajstić information content (AvgIpc) is 3.54. The molecular weight excluding hydrogens is 586 g/mol. The molecule has 2 aliphatic heterocycles. The number of ether oxygens (including phenoxy) is 4. The highest BCUT2D eigenvalue weighted by Gasteiger charge is 2.40. The molecule has 0 aliphatic carbocycles. The number of rotatable bonds is 5. The normalized spacial score (nSPS) is 17.0. The van der Waals surface area contributed by atoms with Gasteiger partial charge in [0.05, 0.1) is 18.9 Å². The second-order valence-electron chi connectivity index (χ2n) is 13.0. The summed E-state index contributed by atoms with van der Waals surface area (Å²) in [7, 11) is 0. The quantitative estimate of drug-likeness (QED) is 0.296. The van der Waals surface area contributed by atoms with Gasteiger partial charge in [0.2, 0.25) is 0 Å². The minimum atomic E-state index is -0.832. The lowest BCUT2D eigenvalue weighted by Crippen LogP contribution is -2.42. The monoisotopic (exact) mass is 625 g/mol. The topological polar surface area (TPSA) is 99.5 Å². The molecule has 0 saturated carbocycles. The third kappa shape index (κ3) is 6.66. The van der Waals surface area contributed by atoms with Crippen LogP contribution in [0.3, 0.4) is 0 Å². The van der Waals surface area contributed by atoms with Crippen molar-refractivity contribution in [3.05, 3.63) is 59.3 Å². The minimum Gasteiger partial charge on any atom is -0.487 e. The van der Waals surface area contributed by atoms with E-state index in [0.717, 1.165) is 11.1 Å².